The molecule has 0 bridgehead atoms. The van der Waals surface area contributed by atoms with E-state index in [4.69, 9.17) is 9.84 Å². The molecule has 0 spiro atoms. The summed E-state index contributed by atoms with van der Waals surface area (Å²) >= 11 is 6.71. The summed E-state index contributed by atoms with van der Waals surface area (Å²) in [4.78, 5) is 0. The van der Waals surface area contributed by atoms with E-state index in [1.165, 1.54) is 0 Å². The highest BCUT2D eigenvalue weighted by atomic mass is 79.9. The fourth-order valence-corrected chi connectivity index (χ4v) is 2.92. The van der Waals surface area contributed by atoms with Crippen LogP contribution in [0.25, 0.3) is 0 Å². The van der Waals surface area contributed by atoms with Crippen molar-refractivity contribution in [1.29, 1.82) is 0 Å². The Hall–Kier alpha value is -0.240. The summed E-state index contributed by atoms with van der Waals surface area (Å²) in [6, 6.07) is 3.64. The Kier molecular flexibility index (Phi) is 6.65. The van der Waals surface area contributed by atoms with Gasteiger partial charge in [0.15, 0.2) is 0 Å². The number of hydrogen-bond acceptors (Lipinski definition) is 3. The number of aliphatic hydroxyl groups is 1. The molecule has 1 aromatic rings. The van der Waals surface area contributed by atoms with Gasteiger partial charge in [-0.15, -0.1) is 0 Å². The van der Waals surface area contributed by atoms with Crippen molar-refractivity contribution in [2.75, 3.05) is 19.8 Å². The van der Waals surface area contributed by atoms with E-state index in [0.717, 1.165) is 14.5 Å². The van der Waals surface area contributed by atoms with Crippen LogP contribution in [-0.4, -0.2) is 30.8 Å². The van der Waals surface area contributed by atoms with Crippen molar-refractivity contribution < 1.29 is 18.6 Å². The number of halogens is 4. The molecule has 0 aliphatic carbocycles. The zero-order chi connectivity index (χ0) is 14.5. The maximum atomic E-state index is 12.9. The van der Waals surface area contributed by atoms with E-state index in [-0.39, 0.29) is 6.54 Å². The second-order valence-corrected chi connectivity index (χ2v) is 5.70. The van der Waals surface area contributed by atoms with Crippen LogP contribution in [0.15, 0.2) is 21.1 Å². The van der Waals surface area contributed by atoms with Gasteiger partial charge in [-0.1, -0.05) is 15.9 Å². The lowest BCUT2D eigenvalue weighted by Crippen LogP contribution is -2.35. The molecule has 0 aliphatic rings. The average molecular weight is 403 g/mol. The third-order valence-electron chi connectivity index (χ3n) is 2.30. The van der Waals surface area contributed by atoms with E-state index in [1.807, 2.05) is 13.0 Å². The van der Waals surface area contributed by atoms with Crippen molar-refractivity contribution in [2.45, 2.75) is 19.4 Å². The first kappa shape index (κ1) is 16.8. The Balaban J connectivity index is 2.76. The monoisotopic (exact) mass is 401 g/mol. The molecule has 0 saturated carbocycles. The molecule has 0 amide bonds. The predicted octanol–water partition coefficient (Wildman–Crippen LogP) is 3.33. The van der Waals surface area contributed by atoms with Crippen LogP contribution in [0.2, 0.25) is 0 Å². The van der Waals surface area contributed by atoms with Crippen LogP contribution < -0.4 is 10.1 Å². The summed E-state index contributed by atoms with van der Waals surface area (Å²) < 4.78 is 32.9. The van der Waals surface area contributed by atoms with Crippen LogP contribution in [-0.2, 0) is 6.54 Å². The number of ether oxygens (including phenoxy) is 1. The number of hydrogen-bond donors (Lipinski definition) is 2. The Morgan fingerprint density at radius 3 is 2.63 bits per heavy atom. The van der Waals surface area contributed by atoms with Gasteiger partial charge in [0.2, 0.25) is 0 Å². The molecule has 2 N–H and O–H groups in total. The number of alkyl halides is 2. The summed E-state index contributed by atoms with van der Waals surface area (Å²) in [6.45, 7) is 0.814. The standard InChI is InChI=1S/C12H15Br2F2NO2/c1-2-19-11-8(3-9(13)4-10(11)14)5-17-6-12(15,16)7-18/h3-4,17-18H,2,5-7H2,1H3. The van der Waals surface area contributed by atoms with Crippen molar-refractivity contribution in [3.8, 4) is 5.75 Å². The van der Waals surface area contributed by atoms with Gasteiger partial charge in [-0.05, 0) is 35.0 Å². The van der Waals surface area contributed by atoms with E-state index >= 15 is 0 Å². The molecule has 0 fully saturated rings. The Morgan fingerprint density at radius 2 is 2.05 bits per heavy atom. The molecule has 19 heavy (non-hydrogen) atoms. The molecular weight excluding hydrogens is 388 g/mol. The molecule has 3 nitrogen and oxygen atoms in total. The molecule has 0 heterocycles. The lowest BCUT2D eigenvalue weighted by Gasteiger charge is -2.16. The summed E-state index contributed by atoms with van der Waals surface area (Å²) in [5, 5.41) is 11.1. The molecule has 0 saturated heterocycles. The van der Waals surface area contributed by atoms with Crippen molar-refractivity contribution in [1.82, 2.24) is 5.32 Å². The smallest absolute Gasteiger partial charge is 0.282 e. The largest absolute Gasteiger partial charge is 0.492 e. The quantitative estimate of drug-likeness (QED) is 0.735. The number of nitrogens with one attached hydrogen (secondary N) is 1. The van der Waals surface area contributed by atoms with Gasteiger partial charge < -0.3 is 15.2 Å². The van der Waals surface area contributed by atoms with Crippen LogP contribution in [0.5, 0.6) is 5.75 Å². The Labute approximate surface area is 127 Å². The van der Waals surface area contributed by atoms with Crippen molar-refractivity contribution in [2.24, 2.45) is 0 Å². The lowest BCUT2D eigenvalue weighted by atomic mass is 10.2. The van der Waals surface area contributed by atoms with Gasteiger partial charge in [0, 0.05) is 16.6 Å². The molecule has 1 aromatic carbocycles. The van der Waals surface area contributed by atoms with E-state index < -0.39 is 19.1 Å². The molecule has 0 aliphatic heterocycles. The molecule has 1 rings (SSSR count). The van der Waals surface area contributed by atoms with Crippen LogP contribution >= 0.6 is 31.9 Å². The third-order valence-corrected chi connectivity index (χ3v) is 3.35. The highest BCUT2D eigenvalue weighted by Crippen LogP contribution is 2.33. The molecule has 108 valence electrons. The topological polar surface area (TPSA) is 41.5 Å². The zero-order valence-electron chi connectivity index (χ0n) is 10.4. The van der Waals surface area contributed by atoms with Crippen molar-refractivity contribution in [3.63, 3.8) is 0 Å². The molecular formula is C12H15Br2F2NO2. The minimum absolute atomic E-state index is 0.225. The SMILES string of the molecule is CCOc1c(Br)cc(Br)cc1CNCC(F)(F)CO. The second-order valence-electron chi connectivity index (χ2n) is 3.93. The Bertz CT molecular complexity index is 430. The summed E-state index contributed by atoms with van der Waals surface area (Å²) in [7, 11) is 0. The summed E-state index contributed by atoms with van der Waals surface area (Å²) in [5.41, 5.74) is 0.761. The molecule has 0 atom stereocenters. The fourth-order valence-electron chi connectivity index (χ4n) is 1.49. The molecule has 0 radical (unpaired) electrons. The maximum Gasteiger partial charge on any atom is 0.282 e. The third kappa shape index (κ3) is 5.33. The highest BCUT2D eigenvalue weighted by Gasteiger charge is 2.27. The van der Waals surface area contributed by atoms with Gasteiger partial charge in [0.25, 0.3) is 5.92 Å². The molecule has 0 aromatic heterocycles. The molecule has 7 heteroatoms. The van der Waals surface area contributed by atoms with E-state index in [2.05, 4.69) is 37.2 Å². The van der Waals surface area contributed by atoms with Crippen molar-refractivity contribution in [3.05, 3.63) is 26.6 Å². The van der Waals surface area contributed by atoms with Crippen LogP contribution in [0.4, 0.5) is 8.78 Å². The minimum Gasteiger partial charge on any atom is -0.492 e. The van der Waals surface area contributed by atoms with E-state index in [0.29, 0.717) is 12.4 Å². The van der Waals surface area contributed by atoms with Crippen LogP contribution in [0.1, 0.15) is 12.5 Å². The van der Waals surface area contributed by atoms with Crippen LogP contribution in [0.3, 0.4) is 0 Å². The van der Waals surface area contributed by atoms with Crippen molar-refractivity contribution >= 4 is 31.9 Å². The normalized spacial score (nSPS) is 11.7. The maximum absolute atomic E-state index is 12.9. The zero-order valence-corrected chi connectivity index (χ0v) is 13.5. The number of benzene rings is 1. The van der Waals surface area contributed by atoms with Gasteiger partial charge in [-0.3, -0.25) is 0 Å². The molecule has 0 unspecified atom stereocenters. The van der Waals surface area contributed by atoms with Gasteiger partial charge in [-0.2, -0.15) is 0 Å². The first-order chi connectivity index (χ1) is 8.89. The Morgan fingerprint density at radius 1 is 1.37 bits per heavy atom. The van der Waals surface area contributed by atoms with E-state index in [9.17, 15) is 8.78 Å². The highest BCUT2D eigenvalue weighted by molar-refractivity contribution is 9.11. The van der Waals surface area contributed by atoms with Gasteiger partial charge >= 0.3 is 0 Å². The van der Waals surface area contributed by atoms with E-state index in [1.54, 1.807) is 6.07 Å². The first-order valence-electron chi connectivity index (χ1n) is 5.69. The fraction of sp³-hybridized carbons (Fsp3) is 0.500. The number of rotatable bonds is 7. The number of aliphatic hydroxyl groups excluding tert-OH is 1. The minimum atomic E-state index is -3.12. The average Bonchev–Trinajstić information content (AvgIpc) is 2.33. The lowest BCUT2D eigenvalue weighted by molar-refractivity contribution is -0.0478. The van der Waals surface area contributed by atoms with Gasteiger partial charge in [0.05, 0.1) is 17.6 Å². The second kappa shape index (κ2) is 7.52. The van der Waals surface area contributed by atoms with Crippen LogP contribution in [0, 0.1) is 0 Å². The first-order valence-corrected chi connectivity index (χ1v) is 7.28. The van der Waals surface area contributed by atoms with Gasteiger partial charge in [0.1, 0.15) is 12.4 Å². The summed E-state index contributed by atoms with van der Waals surface area (Å²) in [6.07, 6.45) is 0. The van der Waals surface area contributed by atoms with Gasteiger partial charge in [-0.25, -0.2) is 8.78 Å². The summed E-state index contributed by atoms with van der Waals surface area (Å²) in [5.74, 6) is -2.49. The predicted molar refractivity (Wildman–Crippen MR) is 76.8 cm³/mol.